The number of aromatic nitrogens is 2. The van der Waals surface area contributed by atoms with Crippen molar-refractivity contribution in [2.24, 2.45) is 0 Å². The standard InChI is InChI=1S/C22H28N4O4S/c1-3-5-13-23-31(29,30)18-10-8-9-17(15-18)24-21(27)16-26-20-12-7-6-11-19(20)25(14-4-2)22(26)28/h6-12,15,23H,3-5,13-14,16H2,1-2H3,(H,24,27). The normalized spacial score (nSPS) is 11.7. The van der Waals surface area contributed by atoms with Crippen LogP contribution >= 0.6 is 0 Å². The molecule has 0 saturated carbocycles. The van der Waals surface area contributed by atoms with Gasteiger partial charge in [-0.2, -0.15) is 0 Å². The molecule has 1 heterocycles. The highest BCUT2D eigenvalue weighted by Gasteiger charge is 2.17. The molecule has 2 aromatic carbocycles. The van der Waals surface area contributed by atoms with Gasteiger partial charge in [0.1, 0.15) is 6.54 Å². The molecule has 3 rings (SSSR count). The fourth-order valence-corrected chi connectivity index (χ4v) is 4.54. The van der Waals surface area contributed by atoms with Gasteiger partial charge in [-0.1, -0.05) is 38.5 Å². The molecule has 0 spiro atoms. The minimum absolute atomic E-state index is 0.0816. The summed E-state index contributed by atoms with van der Waals surface area (Å²) in [4.78, 5) is 25.6. The second-order valence-corrected chi connectivity index (χ2v) is 9.10. The van der Waals surface area contributed by atoms with Gasteiger partial charge in [0, 0.05) is 18.8 Å². The van der Waals surface area contributed by atoms with Crippen LogP contribution in [0.3, 0.4) is 0 Å². The number of unbranched alkanes of at least 4 members (excludes halogenated alkanes) is 1. The molecular formula is C22H28N4O4S. The number of para-hydroxylation sites is 2. The van der Waals surface area contributed by atoms with Crippen molar-refractivity contribution in [2.45, 2.75) is 51.1 Å². The number of imidazole rings is 1. The number of carbonyl (C=O) groups excluding carboxylic acids is 1. The lowest BCUT2D eigenvalue weighted by molar-refractivity contribution is -0.116. The van der Waals surface area contributed by atoms with Crippen LogP contribution in [-0.4, -0.2) is 30.0 Å². The highest BCUT2D eigenvalue weighted by atomic mass is 32.2. The van der Waals surface area contributed by atoms with Crippen LogP contribution in [0, 0.1) is 0 Å². The third-order valence-electron chi connectivity index (χ3n) is 4.92. The third kappa shape index (κ3) is 5.23. The number of anilines is 1. The first-order chi connectivity index (χ1) is 14.9. The van der Waals surface area contributed by atoms with Crippen LogP contribution in [0.2, 0.25) is 0 Å². The Morgan fingerprint density at radius 1 is 0.968 bits per heavy atom. The summed E-state index contributed by atoms with van der Waals surface area (Å²) in [5.41, 5.74) is 1.59. The van der Waals surface area contributed by atoms with Crippen molar-refractivity contribution in [3.63, 3.8) is 0 Å². The molecule has 0 aliphatic heterocycles. The number of carbonyl (C=O) groups is 1. The van der Waals surface area contributed by atoms with Crippen LogP contribution in [0.15, 0.2) is 58.2 Å². The van der Waals surface area contributed by atoms with E-state index in [0.717, 1.165) is 24.8 Å². The van der Waals surface area contributed by atoms with Gasteiger partial charge < -0.3 is 5.32 Å². The maximum absolute atomic E-state index is 12.8. The Labute approximate surface area is 181 Å². The summed E-state index contributed by atoms with van der Waals surface area (Å²) in [5.74, 6) is -0.407. The smallest absolute Gasteiger partial charge is 0.324 e. The Bertz CT molecular complexity index is 1230. The fourth-order valence-electron chi connectivity index (χ4n) is 3.42. The predicted molar refractivity (Wildman–Crippen MR) is 122 cm³/mol. The van der Waals surface area contributed by atoms with Crippen molar-refractivity contribution in [3.8, 4) is 0 Å². The molecule has 0 aliphatic carbocycles. The lowest BCUT2D eigenvalue weighted by Gasteiger charge is -2.10. The Kier molecular flexibility index (Phi) is 7.29. The van der Waals surface area contributed by atoms with E-state index in [-0.39, 0.29) is 17.1 Å². The van der Waals surface area contributed by atoms with Gasteiger partial charge in [-0.25, -0.2) is 17.9 Å². The van der Waals surface area contributed by atoms with E-state index in [1.807, 2.05) is 38.1 Å². The number of nitrogens with one attached hydrogen (secondary N) is 2. The van der Waals surface area contributed by atoms with Gasteiger partial charge in [-0.3, -0.25) is 13.9 Å². The molecule has 0 saturated heterocycles. The SMILES string of the molecule is CCCCNS(=O)(=O)c1cccc(NC(=O)Cn2c(=O)n(CCC)c3ccccc32)c1. The van der Waals surface area contributed by atoms with Crippen LogP contribution in [0.1, 0.15) is 33.1 Å². The molecule has 0 fully saturated rings. The van der Waals surface area contributed by atoms with Crippen LogP contribution in [0.4, 0.5) is 5.69 Å². The Morgan fingerprint density at radius 3 is 2.35 bits per heavy atom. The monoisotopic (exact) mass is 444 g/mol. The van der Waals surface area contributed by atoms with E-state index < -0.39 is 15.9 Å². The molecule has 0 atom stereocenters. The molecular weight excluding hydrogens is 416 g/mol. The van der Waals surface area contributed by atoms with Gasteiger partial charge in [-0.05, 0) is 43.2 Å². The van der Waals surface area contributed by atoms with E-state index in [0.29, 0.717) is 24.3 Å². The number of hydrogen-bond acceptors (Lipinski definition) is 4. The first-order valence-corrected chi connectivity index (χ1v) is 11.9. The maximum Gasteiger partial charge on any atom is 0.329 e. The van der Waals surface area contributed by atoms with E-state index in [4.69, 9.17) is 0 Å². The number of aryl methyl sites for hydroxylation is 1. The van der Waals surface area contributed by atoms with Crippen molar-refractivity contribution in [2.75, 3.05) is 11.9 Å². The largest absolute Gasteiger partial charge is 0.329 e. The maximum atomic E-state index is 12.8. The second-order valence-electron chi connectivity index (χ2n) is 7.34. The summed E-state index contributed by atoms with van der Waals surface area (Å²) in [6, 6.07) is 13.4. The van der Waals surface area contributed by atoms with Gasteiger partial charge in [-0.15, -0.1) is 0 Å². The van der Waals surface area contributed by atoms with E-state index in [2.05, 4.69) is 10.0 Å². The molecule has 3 aromatic rings. The van der Waals surface area contributed by atoms with E-state index in [9.17, 15) is 18.0 Å². The molecule has 0 unspecified atom stereocenters. The summed E-state index contributed by atoms with van der Waals surface area (Å²) in [6.45, 7) is 4.74. The molecule has 1 amide bonds. The van der Waals surface area contributed by atoms with Crippen LogP contribution < -0.4 is 15.7 Å². The van der Waals surface area contributed by atoms with Crippen molar-refractivity contribution in [1.82, 2.24) is 13.9 Å². The number of fused-ring (bicyclic) bond motifs is 1. The topological polar surface area (TPSA) is 102 Å². The summed E-state index contributed by atoms with van der Waals surface area (Å²) < 4.78 is 30.5. The molecule has 166 valence electrons. The third-order valence-corrected chi connectivity index (χ3v) is 6.38. The number of rotatable bonds is 10. The number of sulfonamides is 1. The summed E-state index contributed by atoms with van der Waals surface area (Å²) >= 11 is 0. The minimum Gasteiger partial charge on any atom is -0.324 e. The number of benzene rings is 2. The van der Waals surface area contributed by atoms with Gasteiger partial charge in [0.25, 0.3) is 0 Å². The number of hydrogen-bond donors (Lipinski definition) is 2. The van der Waals surface area contributed by atoms with Crippen molar-refractivity contribution in [3.05, 3.63) is 59.0 Å². The van der Waals surface area contributed by atoms with E-state index in [1.54, 1.807) is 16.7 Å². The summed E-state index contributed by atoms with van der Waals surface area (Å²) in [7, 11) is -3.65. The molecule has 31 heavy (non-hydrogen) atoms. The Morgan fingerprint density at radius 2 is 1.68 bits per heavy atom. The Balaban J connectivity index is 1.80. The van der Waals surface area contributed by atoms with E-state index >= 15 is 0 Å². The lowest BCUT2D eigenvalue weighted by Crippen LogP contribution is -2.29. The lowest BCUT2D eigenvalue weighted by atomic mass is 10.3. The van der Waals surface area contributed by atoms with Gasteiger partial charge in [0.2, 0.25) is 15.9 Å². The molecule has 1 aromatic heterocycles. The molecule has 8 nitrogen and oxygen atoms in total. The molecule has 2 N–H and O–H groups in total. The minimum atomic E-state index is -3.65. The number of amides is 1. The van der Waals surface area contributed by atoms with Crippen molar-refractivity contribution < 1.29 is 13.2 Å². The van der Waals surface area contributed by atoms with Gasteiger partial charge >= 0.3 is 5.69 Å². The number of nitrogens with zero attached hydrogens (tertiary/aromatic N) is 2. The molecule has 0 aliphatic rings. The highest BCUT2D eigenvalue weighted by Crippen LogP contribution is 2.17. The average Bonchev–Trinajstić information content (AvgIpc) is 3.00. The Hall–Kier alpha value is -2.91. The zero-order valence-corrected chi connectivity index (χ0v) is 18.6. The van der Waals surface area contributed by atoms with Crippen molar-refractivity contribution in [1.29, 1.82) is 0 Å². The molecule has 0 radical (unpaired) electrons. The van der Waals surface area contributed by atoms with Crippen LogP contribution in [0.5, 0.6) is 0 Å². The van der Waals surface area contributed by atoms with Gasteiger partial charge in [0.05, 0.1) is 15.9 Å². The van der Waals surface area contributed by atoms with E-state index in [1.165, 1.54) is 16.7 Å². The summed E-state index contributed by atoms with van der Waals surface area (Å²) in [6.07, 6.45) is 2.43. The zero-order valence-electron chi connectivity index (χ0n) is 17.8. The highest BCUT2D eigenvalue weighted by molar-refractivity contribution is 7.89. The summed E-state index contributed by atoms with van der Waals surface area (Å²) in [5, 5.41) is 2.70. The van der Waals surface area contributed by atoms with Crippen LogP contribution in [0.25, 0.3) is 11.0 Å². The first-order valence-electron chi connectivity index (χ1n) is 10.4. The fraction of sp³-hybridized carbons (Fsp3) is 0.364. The second kappa shape index (κ2) is 9.93. The van der Waals surface area contributed by atoms with Gasteiger partial charge in [0.15, 0.2) is 0 Å². The average molecular weight is 445 g/mol. The van der Waals surface area contributed by atoms with Crippen molar-refractivity contribution >= 4 is 32.7 Å². The first kappa shape index (κ1) is 22.8. The zero-order chi connectivity index (χ0) is 22.4. The van der Waals surface area contributed by atoms with Crippen LogP contribution in [-0.2, 0) is 27.9 Å². The predicted octanol–water partition coefficient (Wildman–Crippen LogP) is 2.93. The molecule has 0 bridgehead atoms. The quantitative estimate of drug-likeness (QED) is 0.469. The molecule has 9 heteroatoms.